The van der Waals surface area contributed by atoms with Gasteiger partial charge in [-0.05, 0) is 26.0 Å². The first-order chi connectivity index (χ1) is 9.20. The third-order valence-electron chi connectivity index (χ3n) is 2.99. The summed E-state index contributed by atoms with van der Waals surface area (Å²) in [5, 5.41) is 3.73. The molecule has 0 aliphatic heterocycles. The number of carbonyl (C=O) groups is 1. The topological polar surface area (TPSA) is 68.0 Å². The zero-order valence-corrected chi connectivity index (χ0v) is 13.4. The predicted molar refractivity (Wildman–Crippen MR) is 85.3 cm³/mol. The summed E-state index contributed by atoms with van der Waals surface area (Å²) in [6, 6.07) is 4.03. The number of thiophene rings is 1. The summed E-state index contributed by atoms with van der Waals surface area (Å²) in [6.07, 6.45) is 0. The molecule has 0 spiro atoms. The summed E-state index contributed by atoms with van der Waals surface area (Å²) >= 11 is 1.36. The molecular formula is C15H21N3OS. The van der Waals surface area contributed by atoms with E-state index >= 15 is 0 Å². The fourth-order valence-electron chi connectivity index (χ4n) is 1.91. The van der Waals surface area contributed by atoms with Crippen molar-refractivity contribution in [2.24, 2.45) is 0 Å². The van der Waals surface area contributed by atoms with E-state index in [4.69, 9.17) is 5.73 Å². The molecular weight excluding hydrogens is 270 g/mol. The van der Waals surface area contributed by atoms with Crippen molar-refractivity contribution in [2.75, 3.05) is 5.73 Å². The molecule has 3 N–H and O–H groups in total. The number of nitrogens with zero attached hydrogens (tertiary/aromatic N) is 1. The van der Waals surface area contributed by atoms with E-state index in [9.17, 15) is 4.79 Å². The predicted octanol–water partition coefficient (Wildman–Crippen LogP) is 3.31. The van der Waals surface area contributed by atoms with Gasteiger partial charge in [0, 0.05) is 22.5 Å². The van der Waals surface area contributed by atoms with Gasteiger partial charge in [0.15, 0.2) is 0 Å². The van der Waals surface area contributed by atoms with Crippen molar-refractivity contribution in [3.63, 3.8) is 0 Å². The highest BCUT2D eigenvalue weighted by Crippen LogP contribution is 2.34. The van der Waals surface area contributed by atoms with Crippen LogP contribution in [0.4, 0.5) is 5.69 Å². The van der Waals surface area contributed by atoms with Crippen molar-refractivity contribution in [2.45, 2.75) is 46.1 Å². The van der Waals surface area contributed by atoms with Crippen LogP contribution in [-0.2, 0) is 5.41 Å². The van der Waals surface area contributed by atoms with E-state index in [1.54, 1.807) is 0 Å². The number of hydrogen-bond acceptors (Lipinski definition) is 4. The minimum absolute atomic E-state index is 0.0205. The van der Waals surface area contributed by atoms with Gasteiger partial charge in [-0.2, -0.15) is 0 Å². The summed E-state index contributed by atoms with van der Waals surface area (Å²) < 4.78 is 0. The fourth-order valence-corrected chi connectivity index (χ4v) is 2.91. The van der Waals surface area contributed by atoms with Crippen molar-refractivity contribution in [3.05, 3.63) is 22.7 Å². The van der Waals surface area contributed by atoms with Gasteiger partial charge in [-0.1, -0.05) is 20.8 Å². The van der Waals surface area contributed by atoms with Crippen molar-refractivity contribution < 1.29 is 4.79 Å². The maximum Gasteiger partial charge on any atom is 0.263 e. The minimum atomic E-state index is -0.127. The third kappa shape index (κ3) is 2.77. The van der Waals surface area contributed by atoms with Crippen LogP contribution in [0.25, 0.3) is 10.2 Å². The maximum atomic E-state index is 12.1. The second-order valence-corrected chi connectivity index (χ2v) is 7.27. The number of pyridine rings is 1. The van der Waals surface area contributed by atoms with Gasteiger partial charge in [0.2, 0.25) is 0 Å². The van der Waals surface area contributed by atoms with Crippen LogP contribution in [0.1, 0.15) is 50.0 Å². The lowest BCUT2D eigenvalue weighted by Gasteiger charge is -2.17. The average Bonchev–Trinajstić information content (AvgIpc) is 2.64. The van der Waals surface area contributed by atoms with Crippen molar-refractivity contribution in [1.29, 1.82) is 0 Å². The summed E-state index contributed by atoms with van der Waals surface area (Å²) in [4.78, 5) is 18.1. The molecule has 0 aliphatic rings. The van der Waals surface area contributed by atoms with E-state index in [2.05, 4.69) is 31.1 Å². The van der Waals surface area contributed by atoms with Gasteiger partial charge in [0.05, 0.1) is 5.69 Å². The molecule has 108 valence electrons. The van der Waals surface area contributed by atoms with Crippen molar-refractivity contribution in [3.8, 4) is 0 Å². The number of fused-ring (bicyclic) bond motifs is 1. The Labute approximate surface area is 123 Å². The Balaban J connectivity index is 2.50. The molecule has 20 heavy (non-hydrogen) atoms. The summed E-state index contributed by atoms with van der Waals surface area (Å²) in [7, 11) is 0. The highest BCUT2D eigenvalue weighted by Gasteiger charge is 2.21. The second-order valence-electron chi connectivity index (χ2n) is 6.27. The van der Waals surface area contributed by atoms with Crippen LogP contribution in [-0.4, -0.2) is 16.9 Å². The minimum Gasteiger partial charge on any atom is -0.397 e. The third-order valence-corrected chi connectivity index (χ3v) is 4.10. The van der Waals surface area contributed by atoms with Gasteiger partial charge in [-0.3, -0.25) is 4.79 Å². The number of hydrogen-bond donors (Lipinski definition) is 2. The number of anilines is 1. The highest BCUT2D eigenvalue weighted by atomic mass is 32.1. The molecule has 2 heterocycles. The molecule has 0 bridgehead atoms. The van der Waals surface area contributed by atoms with Crippen LogP contribution in [0.15, 0.2) is 12.1 Å². The normalized spacial score (nSPS) is 12.1. The van der Waals surface area contributed by atoms with E-state index in [0.29, 0.717) is 10.6 Å². The van der Waals surface area contributed by atoms with E-state index < -0.39 is 0 Å². The lowest BCUT2D eigenvalue weighted by molar-refractivity contribution is 0.0948. The summed E-state index contributed by atoms with van der Waals surface area (Å²) in [6.45, 7) is 10.2. The summed E-state index contributed by atoms with van der Waals surface area (Å²) in [5.74, 6) is -0.127. The van der Waals surface area contributed by atoms with Crippen LogP contribution in [0.5, 0.6) is 0 Å². The number of aromatic nitrogens is 1. The lowest BCUT2D eigenvalue weighted by Crippen LogP contribution is -2.29. The Morgan fingerprint density at radius 3 is 2.55 bits per heavy atom. The quantitative estimate of drug-likeness (QED) is 0.892. The summed E-state index contributed by atoms with van der Waals surface area (Å²) in [5.41, 5.74) is 7.59. The SMILES string of the molecule is CC(C)NC(=O)c1sc2nc(C(C)(C)C)ccc2c1N. The standard InChI is InChI=1S/C15H21N3OS/c1-8(2)17-13(19)12-11(16)9-6-7-10(15(3,4)5)18-14(9)20-12/h6-8H,16H2,1-5H3,(H,17,19). The van der Waals surface area contributed by atoms with Crippen molar-refractivity contribution in [1.82, 2.24) is 10.3 Å². The van der Waals surface area contributed by atoms with E-state index in [1.807, 2.05) is 26.0 Å². The molecule has 0 atom stereocenters. The molecule has 0 aromatic carbocycles. The van der Waals surface area contributed by atoms with Gasteiger partial charge < -0.3 is 11.1 Å². The van der Waals surface area contributed by atoms with Crippen LogP contribution in [0, 0.1) is 0 Å². The van der Waals surface area contributed by atoms with Gasteiger partial charge in [0.1, 0.15) is 9.71 Å². The van der Waals surface area contributed by atoms with Crippen molar-refractivity contribution >= 4 is 33.1 Å². The van der Waals surface area contributed by atoms with E-state index in [-0.39, 0.29) is 17.4 Å². The Bertz CT molecular complexity index is 653. The van der Waals surface area contributed by atoms with Crippen LogP contribution in [0.2, 0.25) is 0 Å². The Kier molecular flexibility index (Phi) is 3.73. The van der Waals surface area contributed by atoms with Crippen LogP contribution >= 0.6 is 11.3 Å². The first-order valence-electron chi connectivity index (χ1n) is 6.70. The average molecular weight is 291 g/mol. The molecule has 2 aromatic heterocycles. The molecule has 0 fully saturated rings. The fraction of sp³-hybridized carbons (Fsp3) is 0.467. The van der Waals surface area contributed by atoms with E-state index in [1.165, 1.54) is 11.3 Å². The highest BCUT2D eigenvalue weighted by molar-refractivity contribution is 7.21. The Morgan fingerprint density at radius 2 is 2.00 bits per heavy atom. The molecule has 0 radical (unpaired) electrons. The largest absolute Gasteiger partial charge is 0.397 e. The number of nitrogens with two attached hydrogens (primary N) is 1. The Morgan fingerprint density at radius 1 is 1.35 bits per heavy atom. The zero-order valence-electron chi connectivity index (χ0n) is 12.6. The monoisotopic (exact) mass is 291 g/mol. The molecule has 0 saturated heterocycles. The second kappa shape index (κ2) is 5.05. The first-order valence-corrected chi connectivity index (χ1v) is 7.52. The zero-order chi connectivity index (χ0) is 15.1. The van der Waals surface area contributed by atoms with Gasteiger partial charge in [-0.25, -0.2) is 4.98 Å². The molecule has 4 nitrogen and oxygen atoms in total. The van der Waals surface area contributed by atoms with Gasteiger partial charge in [0.25, 0.3) is 5.91 Å². The molecule has 2 rings (SSSR count). The number of amides is 1. The maximum absolute atomic E-state index is 12.1. The van der Waals surface area contributed by atoms with E-state index in [0.717, 1.165) is 15.9 Å². The smallest absolute Gasteiger partial charge is 0.263 e. The molecule has 0 aliphatic carbocycles. The molecule has 1 amide bonds. The van der Waals surface area contributed by atoms with Crippen LogP contribution < -0.4 is 11.1 Å². The molecule has 2 aromatic rings. The number of rotatable bonds is 2. The molecule has 0 unspecified atom stereocenters. The number of nitrogen functional groups attached to an aromatic ring is 1. The van der Waals surface area contributed by atoms with Gasteiger partial charge >= 0.3 is 0 Å². The van der Waals surface area contributed by atoms with Gasteiger partial charge in [-0.15, -0.1) is 11.3 Å². The molecule has 5 heteroatoms. The first kappa shape index (κ1) is 14.8. The van der Waals surface area contributed by atoms with Crippen LogP contribution in [0.3, 0.4) is 0 Å². The Hall–Kier alpha value is -1.62. The lowest BCUT2D eigenvalue weighted by atomic mass is 9.91. The number of nitrogens with one attached hydrogen (secondary N) is 1. The molecule has 0 saturated carbocycles. The number of carbonyl (C=O) groups excluding carboxylic acids is 1.